The van der Waals surface area contributed by atoms with Gasteiger partial charge in [-0.2, -0.15) is 0 Å². The first-order valence-electron chi connectivity index (χ1n) is 16.8. The van der Waals surface area contributed by atoms with Gasteiger partial charge in [-0.05, 0) is 101 Å². The van der Waals surface area contributed by atoms with Gasteiger partial charge in [-0.3, -0.25) is 9.59 Å². The number of halogens is 4. The summed E-state index contributed by atoms with van der Waals surface area (Å²) in [4.78, 5) is 21.5. The number of rotatable bonds is 10. The highest BCUT2D eigenvalue weighted by atomic mass is 35.5. The van der Waals surface area contributed by atoms with E-state index in [2.05, 4.69) is 27.7 Å². The lowest BCUT2D eigenvalue weighted by Crippen LogP contribution is -1.97. The molecular formula is C42H52Cl4O6. The molecule has 0 aromatic heterocycles. The lowest BCUT2D eigenvalue weighted by Gasteiger charge is -2.12. The van der Waals surface area contributed by atoms with E-state index in [1.54, 1.807) is 40.6 Å². The van der Waals surface area contributed by atoms with Crippen LogP contribution >= 0.6 is 46.4 Å². The molecule has 52 heavy (non-hydrogen) atoms. The van der Waals surface area contributed by atoms with Crippen LogP contribution in [-0.2, 0) is 0 Å². The van der Waals surface area contributed by atoms with Gasteiger partial charge in [0.05, 0.1) is 44.0 Å². The third-order valence-corrected chi connectivity index (χ3v) is 9.15. The molecule has 0 spiro atoms. The van der Waals surface area contributed by atoms with Crippen molar-refractivity contribution in [2.45, 2.75) is 79.1 Å². The van der Waals surface area contributed by atoms with E-state index >= 15 is 0 Å². The van der Waals surface area contributed by atoms with Crippen LogP contribution in [0.1, 0.15) is 122 Å². The van der Waals surface area contributed by atoms with Crippen molar-refractivity contribution in [2.75, 3.05) is 28.4 Å². The fourth-order valence-corrected chi connectivity index (χ4v) is 5.94. The molecule has 0 heterocycles. The first kappa shape index (κ1) is 46.6. The third-order valence-electron chi connectivity index (χ3n) is 7.87. The monoisotopic (exact) mass is 792 g/mol. The predicted molar refractivity (Wildman–Crippen MR) is 219 cm³/mol. The molecule has 0 saturated heterocycles. The van der Waals surface area contributed by atoms with Crippen molar-refractivity contribution in [1.29, 1.82) is 0 Å². The van der Waals surface area contributed by atoms with E-state index in [1.165, 1.54) is 5.56 Å². The zero-order valence-electron chi connectivity index (χ0n) is 32.2. The van der Waals surface area contributed by atoms with Crippen LogP contribution < -0.4 is 18.9 Å². The second-order valence-corrected chi connectivity index (χ2v) is 14.5. The third kappa shape index (κ3) is 14.2. The summed E-state index contributed by atoms with van der Waals surface area (Å²) in [6.07, 6.45) is 1.56. The average molecular weight is 795 g/mol. The number of carbonyl (C=O) groups is 2. The summed E-state index contributed by atoms with van der Waals surface area (Å²) in [5, 5.41) is 2.56. The Morgan fingerprint density at radius 2 is 0.904 bits per heavy atom. The van der Waals surface area contributed by atoms with Crippen LogP contribution in [0.25, 0.3) is 0 Å². The number of hydrogen-bond donors (Lipinski definition) is 0. The fraction of sp³-hybridized carbons (Fsp3) is 0.381. The minimum Gasteiger partial charge on any atom is -0.497 e. The second-order valence-electron chi connectivity index (χ2n) is 12.9. The second kappa shape index (κ2) is 23.3. The van der Waals surface area contributed by atoms with E-state index in [0.717, 1.165) is 45.8 Å². The van der Waals surface area contributed by atoms with Gasteiger partial charge in [-0.1, -0.05) is 108 Å². The summed E-state index contributed by atoms with van der Waals surface area (Å²) in [7, 11) is 6.39. The number of hydrogen-bond acceptors (Lipinski definition) is 6. The Bertz CT molecular complexity index is 1730. The molecule has 0 unspecified atom stereocenters. The molecule has 0 atom stereocenters. The van der Waals surface area contributed by atoms with Gasteiger partial charge < -0.3 is 18.9 Å². The smallest absolute Gasteiger partial charge is 0.153 e. The summed E-state index contributed by atoms with van der Waals surface area (Å²) in [5.41, 5.74) is 5.45. The van der Waals surface area contributed by atoms with E-state index in [9.17, 15) is 9.59 Å². The van der Waals surface area contributed by atoms with Crippen LogP contribution in [0.5, 0.6) is 23.0 Å². The van der Waals surface area contributed by atoms with Gasteiger partial charge in [0.15, 0.2) is 6.29 Å². The van der Waals surface area contributed by atoms with Crippen molar-refractivity contribution in [3.63, 3.8) is 0 Å². The Hall–Kier alpha value is -3.42. The highest BCUT2D eigenvalue weighted by Gasteiger charge is 2.12. The van der Waals surface area contributed by atoms with Gasteiger partial charge in [0.2, 0.25) is 0 Å². The lowest BCUT2D eigenvalue weighted by atomic mass is 9.97. The van der Waals surface area contributed by atoms with Crippen LogP contribution in [0, 0.1) is 0 Å². The summed E-state index contributed by atoms with van der Waals surface area (Å²) in [6.45, 7) is 16.6. The molecule has 0 saturated carbocycles. The molecule has 6 nitrogen and oxygen atoms in total. The molecule has 0 bridgehead atoms. The number of carbonyl (C=O) groups excluding carboxylic acids is 2. The Labute approximate surface area is 330 Å². The summed E-state index contributed by atoms with van der Waals surface area (Å²) in [6, 6.07) is 18.5. The van der Waals surface area contributed by atoms with Crippen LogP contribution in [0.15, 0.2) is 60.7 Å². The van der Waals surface area contributed by atoms with Gasteiger partial charge in [0.1, 0.15) is 29.3 Å². The molecule has 4 aromatic carbocycles. The molecule has 10 heteroatoms. The van der Waals surface area contributed by atoms with Crippen LogP contribution in [0.2, 0.25) is 20.1 Å². The first-order valence-corrected chi connectivity index (χ1v) is 18.3. The SMILES string of the molecule is COc1cc(C(C)C)c(C=O)cc1Cl.COc1cc(C(C)C)c(Cl)cc1C=O.COc1cc(C(C)C)ccc1Cl.COc1ccc(Cl)c(C(C)C)c1. The maximum atomic E-state index is 10.8. The van der Waals surface area contributed by atoms with Crippen molar-refractivity contribution < 1.29 is 28.5 Å². The molecule has 0 amide bonds. The van der Waals surface area contributed by atoms with Crippen molar-refractivity contribution in [3.05, 3.63) is 114 Å². The zero-order chi connectivity index (χ0) is 39.7. The van der Waals surface area contributed by atoms with Crippen LogP contribution in [0.3, 0.4) is 0 Å². The quantitative estimate of drug-likeness (QED) is 0.149. The summed E-state index contributed by atoms with van der Waals surface area (Å²) in [5.74, 6) is 4.35. The van der Waals surface area contributed by atoms with Crippen molar-refractivity contribution >= 4 is 59.0 Å². The fourth-order valence-electron chi connectivity index (χ4n) is 4.77. The topological polar surface area (TPSA) is 71.1 Å². The van der Waals surface area contributed by atoms with E-state index in [-0.39, 0.29) is 5.92 Å². The summed E-state index contributed by atoms with van der Waals surface area (Å²) < 4.78 is 20.4. The zero-order valence-corrected chi connectivity index (χ0v) is 35.2. The van der Waals surface area contributed by atoms with E-state index in [1.807, 2.05) is 76.2 Å². The molecule has 0 aliphatic rings. The van der Waals surface area contributed by atoms with Crippen molar-refractivity contribution in [2.24, 2.45) is 0 Å². The maximum Gasteiger partial charge on any atom is 0.153 e. The van der Waals surface area contributed by atoms with Crippen molar-refractivity contribution in [3.8, 4) is 23.0 Å². The van der Waals surface area contributed by atoms with Gasteiger partial charge >= 0.3 is 0 Å². The molecule has 284 valence electrons. The standard InChI is InChI=1S/2C11H13ClO2.2C10H13ClO/c1-7(2)9-5-11(14-3)8(6-13)4-10(9)12;1-7(2)9-5-11(14-3)10(12)4-8(9)6-13;1-7(2)9-6-8(12-3)4-5-10(9)11;1-7(2)8-4-5-9(11)10(6-8)12-3/h2*4-7H,1-3H3;2*4-7H,1-3H3. The minimum atomic E-state index is 0.279. The number of aldehydes is 2. The molecule has 4 rings (SSSR count). The Morgan fingerprint density at radius 1 is 0.442 bits per heavy atom. The largest absolute Gasteiger partial charge is 0.497 e. The first-order chi connectivity index (χ1) is 24.5. The highest BCUT2D eigenvalue weighted by Crippen LogP contribution is 2.33. The van der Waals surface area contributed by atoms with Gasteiger partial charge in [0, 0.05) is 15.6 Å². The number of methoxy groups -OCH3 is 4. The Balaban J connectivity index is 0.000000348. The molecule has 0 aliphatic heterocycles. The Kier molecular flexibility index (Phi) is 20.9. The number of benzene rings is 4. The van der Waals surface area contributed by atoms with Crippen LogP contribution in [0.4, 0.5) is 0 Å². The molecular weight excluding hydrogens is 742 g/mol. The highest BCUT2D eigenvalue weighted by molar-refractivity contribution is 6.33. The van der Waals surface area contributed by atoms with Crippen molar-refractivity contribution in [1.82, 2.24) is 0 Å². The molecule has 0 radical (unpaired) electrons. The van der Waals surface area contributed by atoms with Gasteiger partial charge in [0.25, 0.3) is 0 Å². The predicted octanol–water partition coefficient (Wildman–Crippen LogP) is 13.5. The molecule has 4 aromatic rings. The molecule has 0 fully saturated rings. The minimum absolute atomic E-state index is 0.279. The lowest BCUT2D eigenvalue weighted by molar-refractivity contribution is 0.111. The Morgan fingerprint density at radius 3 is 1.37 bits per heavy atom. The number of ether oxygens (including phenoxy) is 4. The summed E-state index contributed by atoms with van der Waals surface area (Å²) >= 11 is 23.8. The molecule has 0 aliphatic carbocycles. The van der Waals surface area contributed by atoms with E-state index < -0.39 is 0 Å². The maximum absolute atomic E-state index is 10.8. The normalized spacial score (nSPS) is 10.4. The van der Waals surface area contributed by atoms with Gasteiger partial charge in [-0.15, -0.1) is 0 Å². The van der Waals surface area contributed by atoms with Gasteiger partial charge in [-0.25, -0.2) is 0 Å². The van der Waals surface area contributed by atoms with E-state index in [0.29, 0.717) is 55.4 Å². The van der Waals surface area contributed by atoms with Crippen LogP contribution in [-0.4, -0.2) is 41.0 Å². The van der Waals surface area contributed by atoms with E-state index in [4.69, 9.17) is 65.4 Å². The average Bonchev–Trinajstić information content (AvgIpc) is 3.12. The molecule has 0 N–H and O–H groups in total.